The highest BCUT2D eigenvalue weighted by Crippen LogP contribution is 2.24. The number of benzene rings is 3. The Morgan fingerprint density at radius 1 is 1.04 bits per heavy atom. The molecule has 0 saturated heterocycles. The van der Waals surface area contributed by atoms with Gasteiger partial charge >= 0.3 is 0 Å². The number of amides is 1. The number of hydrogen-bond donors (Lipinski definition) is 2. The Labute approximate surface area is 145 Å². The monoisotopic (exact) mass is 337 g/mol. The fourth-order valence-electron chi connectivity index (χ4n) is 2.48. The van der Waals surface area contributed by atoms with Crippen LogP contribution in [-0.2, 0) is 11.3 Å². The van der Waals surface area contributed by atoms with Crippen LogP contribution in [0.4, 0.5) is 0 Å². The van der Waals surface area contributed by atoms with Crippen LogP contribution in [0.1, 0.15) is 5.56 Å². The molecule has 5 nitrogen and oxygen atoms in total. The van der Waals surface area contributed by atoms with Crippen molar-refractivity contribution < 1.29 is 19.4 Å². The quantitative estimate of drug-likeness (QED) is 0.724. The topological polar surface area (TPSA) is 67.8 Å². The highest BCUT2D eigenvalue weighted by atomic mass is 16.5. The van der Waals surface area contributed by atoms with Crippen LogP contribution in [0.2, 0.25) is 0 Å². The van der Waals surface area contributed by atoms with E-state index in [0.717, 1.165) is 22.1 Å². The van der Waals surface area contributed by atoms with Crippen LogP contribution >= 0.6 is 0 Å². The maximum atomic E-state index is 11.9. The third-order valence-electron chi connectivity index (χ3n) is 3.83. The molecule has 2 N–H and O–H groups in total. The molecule has 0 aliphatic carbocycles. The second-order valence-corrected chi connectivity index (χ2v) is 5.58. The number of carbonyl (C=O) groups excluding carboxylic acids is 1. The predicted octanol–water partition coefficient (Wildman–Crippen LogP) is 3.25. The third-order valence-corrected chi connectivity index (χ3v) is 3.83. The number of para-hydroxylation sites is 2. The Kier molecular flexibility index (Phi) is 5.04. The van der Waals surface area contributed by atoms with Gasteiger partial charge in [0.1, 0.15) is 5.75 Å². The summed E-state index contributed by atoms with van der Waals surface area (Å²) in [6.45, 7) is 0.257. The Morgan fingerprint density at radius 3 is 2.60 bits per heavy atom. The summed E-state index contributed by atoms with van der Waals surface area (Å²) in [4.78, 5) is 11.9. The molecule has 5 heteroatoms. The molecule has 0 unspecified atom stereocenters. The van der Waals surface area contributed by atoms with E-state index < -0.39 is 0 Å². The van der Waals surface area contributed by atoms with Crippen LogP contribution in [0.3, 0.4) is 0 Å². The minimum Gasteiger partial charge on any atom is -0.504 e. The van der Waals surface area contributed by atoms with Crippen molar-refractivity contribution in [3.63, 3.8) is 0 Å². The average molecular weight is 337 g/mol. The SMILES string of the molecule is COc1ccc2cc(CNC(=O)COc3ccccc3O)ccc2c1. The third kappa shape index (κ3) is 4.20. The number of phenolic OH excluding ortho intramolecular Hbond substituents is 1. The zero-order valence-electron chi connectivity index (χ0n) is 13.9. The van der Waals surface area contributed by atoms with Gasteiger partial charge < -0.3 is 19.9 Å². The highest BCUT2D eigenvalue weighted by Gasteiger charge is 2.06. The molecule has 0 bridgehead atoms. The number of nitrogens with one attached hydrogen (secondary N) is 1. The van der Waals surface area contributed by atoms with Crippen molar-refractivity contribution in [2.24, 2.45) is 0 Å². The van der Waals surface area contributed by atoms with Gasteiger partial charge in [-0.05, 0) is 46.7 Å². The summed E-state index contributed by atoms with van der Waals surface area (Å²) in [5, 5.41) is 14.6. The Bertz CT molecular complexity index is 892. The average Bonchev–Trinajstić information content (AvgIpc) is 2.65. The number of carbonyl (C=O) groups is 1. The smallest absolute Gasteiger partial charge is 0.258 e. The van der Waals surface area contributed by atoms with Gasteiger partial charge in [0.05, 0.1) is 7.11 Å². The maximum Gasteiger partial charge on any atom is 0.258 e. The molecule has 0 heterocycles. The molecule has 0 saturated carbocycles. The minimum atomic E-state index is -0.252. The Hall–Kier alpha value is -3.21. The summed E-state index contributed by atoms with van der Waals surface area (Å²) < 4.78 is 10.5. The summed E-state index contributed by atoms with van der Waals surface area (Å²) in [6, 6.07) is 18.4. The first-order chi connectivity index (χ1) is 12.2. The molecule has 0 aliphatic rings. The molecule has 25 heavy (non-hydrogen) atoms. The molecule has 0 spiro atoms. The fraction of sp³-hybridized carbons (Fsp3) is 0.150. The van der Waals surface area contributed by atoms with E-state index in [-0.39, 0.29) is 24.0 Å². The molecule has 3 aromatic rings. The van der Waals surface area contributed by atoms with Crippen LogP contribution in [0.5, 0.6) is 17.2 Å². The standard InChI is InChI=1S/C20H19NO4/c1-24-17-9-8-15-10-14(6-7-16(15)11-17)12-21-20(23)13-25-19-5-3-2-4-18(19)22/h2-11,22H,12-13H2,1H3,(H,21,23). The minimum absolute atomic E-state index is 0.0141. The first kappa shape index (κ1) is 16.6. The van der Waals surface area contributed by atoms with Crippen molar-refractivity contribution in [2.75, 3.05) is 13.7 Å². The van der Waals surface area contributed by atoms with E-state index in [1.807, 2.05) is 36.4 Å². The lowest BCUT2D eigenvalue weighted by molar-refractivity contribution is -0.123. The molecule has 0 fully saturated rings. The van der Waals surface area contributed by atoms with Crippen molar-refractivity contribution in [2.45, 2.75) is 6.54 Å². The lowest BCUT2D eigenvalue weighted by Gasteiger charge is -2.09. The molecule has 0 aromatic heterocycles. The number of methoxy groups -OCH3 is 1. The van der Waals surface area contributed by atoms with Crippen molar-refractivity contribution >= 4 is 16.7 Å². The van der Waals surface area contributed by atoms with E-state index in [2.05, 4.69) is 5.32 Å². The van der Waals surface area contributed by atoms with Gasteiger partial charge in [-0.15, -0.1) is 0 Å². The zero-order valence-corrected chi connectivity index (χ0v) is 13.9. The molecule has 3 rings (SSSR count). The summed E-state index contributed by atoms with van der Waals surface area (Å²) >= 11 is 0. The van der Waals surface area contributed by atoms with Gasteiger partial charge in [-0.1, -0.05) is 30.3 Å². The maximum absolute atomic E-state index is 11.9. The fourth-order valence-corrected chi connectivity index (χ4v) is 2.48. The van der Waals surface area contributed by atoms with E-state index in [0.29, 0.717) is 6.54 Å². The Balaban J connectivity index is 1.56. The van der Waals surface area contributed by atoms with Crippen LogP contribution in [-0.4, -0.2) is 24.7 Å². The van der Waals surface area contributed by atoms with Gasteiger partial charge in [0.2, 0.25) is 0 Å². The molecule has 128 valence electrons. The zero-order chi connectivity index (χ0) is 17.6. The first-order valence-corrected chi connectivity index (χ1v) is 7.90. The van der Waals surface area contributed by atoms with Gasteiger partial charge in [-0.3, -0.25) is 4.79 Å². The van der Waals surface area contributed by atoms with Crippen LogP contribution in [0, 0.1) is 0 Å². The number of hydrogen-bond acceptors (Lipinski definition) is 4. The van der Waals surface area contributed by atoms with Crippen molar-refractivity contribution in [1.82, 2.24) is 5.32 Å². The van der Waals surface area contributed by atoms with Gasteiger partial charge in [0.25, 0.3) is 5.91 Å². The summed E-state index contributed by atoms with van der Waals surface area (Å²) in [6.07, 6.45) is 0. The molecular weight excluding hydrogens is 318 g/mol. The summed E-state index contributed by atoms with van der Waals surface area (Å²) in [5.74, 6) is 0.866. The van der Waals surface area contributed by atoms with Crippen LogP contribution < -0.4 is 14.8 Å². The molecule has 3 aromatic carbocycles. The van der Waals surface area contributed by atoms with Crippen LogP contribution in [0.25, 0.3) is 10.8 Å². The molecule has 0 aliphatic heterocycles. The van der Waals surface area contributed by atoms with Gasteiger partial charge in [-0.25, -0.2) is 0 Å². The van der Waals surface area contributed by atoms with E-state index in [1.165, 1.54) is 6.07 Å². The van der Waals surface area contributed by atoms with E-state index in [9.17, 15) is 9.90 Å². The summed E-state index contributed by atoms with van der Waals surface area (Å²) in [5.41, 5.74) is 0.994. The van der Waals surface area contributed by atoms with Crippen molar-refractivity contribution in [1.29, 1.82) is 0 Å². The number of ether oxygens (including phenoxy) is 2. The van der Waals surface area contributed by atoms with Crippen molar-refractivity contribution in [3.05, 3.63) is 66.2 Å². The van der Waals surface area contributed by atoms with E-state index in [4.69, 9.17) is 9.47 Å². The predicted molar refractivity (Wildman–Crippen MR) is 95.9 cm³/mol. The van der Waals surface area contributed by atoms with Crippen LogP contribution in [0.15, 0.2) is 60.7 Å². The van der Waals surface area contributed by atoms with Crippen molar-refractivity contribution in [3.8, 4) is 17.2 Å². The molecule has 0 atom stereocenters. The van der Waals surface area contributed by atoms with E-state index in [1.54, 1.807) is 25.3 Å². The first-order valence-electron chi connectivity index (χ1n) is 7.90. The molecule has 1 amide bonds. The molecule has 0 radical (unpaired) electrons. The number of phenols is 1. The van der Waals surface area contributed by atoms with E-state index >= 15 is 0 Å². The Morgan fingerprint density at radius 2 is 1.80 bits per heavy atom. The summed E-state index contributed by atoms with van der Waals surface area (Å²) in [7, 11) is 1.64. The lowest BCUT2D eigenvalue weighted by atomic mass is 10.1. The number of fused-ring (bicyclic) bond motifs is 1. The normalized spacial score (nSPS) is 10.4. The second-order valence-electron chi connectivity index (χ2n) is 5.58. The molecular formula is C20H19NO4. The number of rotatable bonds is 6. The lowest BCUT2D eigenvalue weighted by Crippen LogP contribution is -2.28. The van der Waals surface area contributed by atoms with Gasteiger partial charge in [0, 0.05) is 6.54 Å². The van der Waals surface area contributed by atoms with Gasteiger partial charge in [-0.2, -0.15) is 0 Å². The number of aromatic hydroxyl groups is 1. The van der Waals surface area contributed by atoms with Gasteiger partial charge in [0.15, 0.2) is 18.1 Å². The largest absolute Gasteiger partial charge is 0.504 e. The second kappa shape index (κ2) is 7.57. The highest BCUT2D eigenvalue weighted by molar-refractivity contribution is 5.84.